The third kappa shape index (κ3) is 4.55. The van der Waals surface area contributed by atoms with Crippen molar-refractivity contribution in [3.8, 4) is 23.0 Å². The minimum absolute atomic E-state index is 0.290. The van der Waals surface area contributed by atoms with Crippen molar-refractivity contribution in [1.29, 1.82) is 0 Å². The van der Waals surface area contributed by atoms with E-state index in [1.54, 1.807) is 56.4 Å². The first-order valence-corrected chi connectivity index (χ1v) is 11.3. The molecular weight excluding hydrogens is 454 g/mol. The lowest BCUT2D eigenvalue weighted by atomic mass is 9.91. The van der Waals surface area contributed by atoms with Gasteiger partial charge in [0.25, 0.3) is 5.91 Å². The quantitative estimate of drug-likeness (QED) is 0.574. The summed E-state index contributed by atoms with van der Waals surface area (Å²) in [5.74, 6) is 1.38. The zero-order valence-electron chi connectivity index (χ0n) is 20.3. The van der Waals surface area contributed by atoms with Crippen molar-refractivity contribution in [2.75, 3.05) is 40.5 Å². The van der Waals surface area contributed by atoms with Crippen LogP contribution in [0.15, 0.2) is 36.4 Å². The second-order valence-electron chi connectivity index (χ2n) is 8.40. The number of ether oxygens (including phenoxy) is 4. The summed E-state index contributed by atoms with van der Waals surface area (Å²) in [6.07, 6.45) is 0. The van der Waals surface area contributed by atoms with Gasteiger partial charge in [0.05, 0.1) is 14.2 Å². The Morgan fingerprint density at radius 2 is 1.77 bits per heavy atom. The molecule has 0 spiro atoms. The van der Waals surface area contributed by atoms with Crippen LogP contribution in [0.5, 0.6) is 23.0 Å². The SMILES string of the molecule is CCN(Cc1ccc(OC)c(OC)c1)C(=O)CN1C(=O)NC(C)(c2ccc3c(c2)OCCO3)C1=O. The van der Waals surface area contributed by atoms with Crippen molar-refractivity contribution in [3.63, 3.8) is 0 Å². The van der Waals surface area contributed by atoms with E-state index in [2.05, 4.69) is 5.32 Å². The molecule has 10 nitrogen and oxygen atoms in total. The molecule has 186 valence electrons. The van der Waals surface area contributed by atoms with Gasteiger partial charge in [0, 0.05) is 13.1 Å². The van der Waals surface area contributed by atoms with Gasteiger partial charge in [-0.05, 0) is 49.2 Å². The number of carbonyl (C=O) groups is 3. The molecular formula is C25H29N3O7. The molecule has 1 atom stereocenters. The Hall–Kier alpha value is -3.95. The number of likely N-dealkylation sites (N-methyl/N-ethyl adjacent to an activating group) is 1. The normalized spacial score (nSPS) is 18.8. The molecule has 2 heterocycles. The molecule has 1 N–H and O–H groups in total. The fraction of sp³-hybridized carbons (Fsp3) is 0.400. The van der Waals surface area contributed by atoms with Crippen LogP contribution >= 0.6 is 0 Å². The molecule has 4 amide bonds. The van der Waals surface area contributed by atoms with Gasteiger partial charge in [-0.25, -0.2) is 4.79 Å². The van der Waals surface area contributed by atoms with Crippen molar-refractivity contribution in [2.45, 2.75) is 25.9 Å². The minimum atomic E-state index is -1.33. The van der Waals surface area contributed by atoms with E-state index in [4.69, 9.17) is 18.9 Å². The number of carbonyl (C=O) groups excluding carboxylic acids is 3. The highest BCUT2D eigenvalue weighted by Gasteiger charge is 2.50. The Morgan fingerprint density at radius 1 is 1.06 bits per heavy atom. The molecule has 1 saturated heterocycles. The van der Waals surface area contributed by atoms with Gasteiger partial charge < -0.3 is 29.2 Å². The van der Waals surface area contributed by atoms with Gasteiger partial charge in [-0.15, -0.1) is 0 Å². The van der Waals surface area contributed by atoms with Crippen LogP contribution in [0, 0.1) is 0 Å². The highest BCUT2D eigenvalue weighted by molar-refractivity contribution is 6.09. The molecule has 2 aromatic rings. The number of amides is 4. The molecule has 35 heavy (non-hydrogen) atoms. The Bertz CT molecular complexity index is 1150. The van der Waals surface area contributed by atoms with Crippen molar-refractivity contribution in [2.24, 2.45) is 0 Å². The van der Waals surface area contributed by atoms with E-state index in [1.165, 1.54) is 0 Å². The zero-order valence-corrected chi connectivity index (χ0v) is 20.3. The topological polar surface area (TPSA) is 107 Å². The zero-order chi connectivity index (χ0) is 25.2. The molecule has 1 fully saturated rings. The van der Waals surface area contributed by atoms with Crippen LogP contribution in [-0.4, -0.2) is 68.2 Å². The van der Waals surface area contributed by atoms with Crippen molar-refractivity contribution < 1.29 is 33.3 Å². The number of hydrogen-bond donors (Lipinski definition) is 1. The van der Waals surface area contributed by atoms with E-state index >= 15 is 0 Å². The number of rotatable bonds is 8. The highest BCUT2D eigenvalue weighted by atomic mass is 16.6. The van der Waals surface area contributed by atoms with Crippen LogP contribution in [0.2, 0.25) is 0 Å². The van der Waals surface area contributed by atoms with E-state index in [0.717, 1.165) is 10.5 Å². The summed E-state index contributed by atoms with van der Waals surface area (Å²) in [5, 5.41) is 2.73. The largest absolute Gasteiger partial charge is 0.493 e. The van der Waals surface area contributed by atoms with Crippen molar-refractivity contribution in [3.05, 3.63) is 47.5 Å². The molecule has 2 aliphatic heterocycles. The summed E-state index contributed by atoms with van der Waals surface area (Å²) in [6, 6.07) is 9.89. The maximum atomic E-state index is 13.3. The number of nitrogens with one attached hydrogen (secondary N) is 1. The Kier molecular flexibility index (Phi) is 6.72. The molecule has 0 radical (unpaired) electrons. The third-order valence-electron chi connectivity index (χ3n) is 6.24. The average molecular weight is 484 g/mol. The lowest BCUT2D eigenvalue weighted by molar-refractivity contribution is -0.139. The molecule has 4 rings (SSSR count). The molecule has 2 aromatic carbocycles. The smallest absolute Gasteiger partial charge is 0.325 e. The number of methoxy groups -OCH3 is 2. The number of imide groups is 1. The van der Waals surface area contributed by atoms with Gasteiger partial charge in [-0.2, -0.15) is 0 Å². The lowest BCUT2D eigenvalue weighted by Gasteiger charge is -2.26. The third-order valence-corrected chi connectivity index (χ3v) is 6.24. The number of nitrogens with zero attached hydrogens (tertiary/aromatic N) is 2. The average Bonchev–Trinajstić information content (AvgIpc) is 3.10. The fourth-order valence-corrected chi connectivity index (χ4v) is 4.20. The molecule has 0 saturated carbocycles. The molecule has 0 bridgehead atoms. The maximum absolute atomic E-state index is 13.3. The summed E-state index contributed by atoms with van der Waals surface area (Å²) in [6.45, 7) is 4.63. The van der Waals surface area contributed by atoms with E-state index < -0.39 is 17.5 Å². The van der Waals surface area contributed by atoms with E-state index in [-0.39, 0.29) is 12.5 Å². The monoisotopic (exact) mass is 483 g/mol. The van der Waals surface area contributed by atoms with E-state index in [1.807, 2.05) is 13.0 Å². The summed E-state index contributed by atoms with van der Waals surface area (Å²) in [7, 11) is 3.09. The van der Waals surface area contributed by atoms with Crippen LogP contribution in [0.25, 0.3) is 0 Å². The first-order chi connectivity index (χ1) is 16.8. The maximum Gasteiger partial charge on any atom is 0.325 e. The summed E-state index contributed by atoms with van der Waals surface area (Å²) >= 11 is 0. The number of urea groups is 1. The number of benzene rings is 2. The van der Waals surface area contributed by atoms with Gasteiger partial charge >= 0.3 is 6.03 Å². The van der Waals surface area contributed by atoms with Crippen LogP contribution in [0.1, 0.15) is 25.0 Å². The van der Waals surface area contributed by atoms with E-state index in [0.29, 0.717) is 54.9 Å². The predicted octanol–water partition coefficient (Wildman–Crippen LogP) is 2.29. The molecule has 0 aromatic heterocycles. The van der Waals surface area contributed by atoms with Crippen molar-refractivity contribution >= 4 is 17.8 Å². The van der Waals surface area contributed by atoms with E-state index in [9.17, 15) is 14.4 Å². The van der Waals surface area contributed by atoms with Crippen LogP contribution < -0.4 is 24.3 Å². The van der Waals surface area contributed by atoms with Gasteiger partial charge in [0.1, 0.15) is 25.3 Å². The first-order valence-electron chi connectivity index (χ1n) is 11.3. The molecule has 2 aliphatic rings. The lowest BCUT2D eigenvalue weighted by Crippen LogP contribution is -2.44. The molecule has 1 unspecified atom stereocenters. The fourth-order valence-electron chi connectivity index (χ4n) is 4.20. The number of hydrogen-bond acceptors (Lipinski definition) is 7. The van der Waals surface area contributed by atoms with Crippen LogP contribution in [0.3, 0.4) is 0 Å². The minimum Gasteiger partial charge on any atom is -0.493 e. The standard InChI is InChI=1S/C25H29N3O7/c1-5-27(14-16-6-8-18(32-3)20(12-16)33-4)22(29)15-28-23(30)25(2,26-24(28)31)17-7-9-19-21(13-17)35-11-10-34-19/h6-9,12-13H,5,10-11,14-15H2,1-4H3,(H,26,31). The summed E-state index contributed by atoms with van der Waals surface area (Å²) in [5.41, 5.74) is 0.0528. The van der Waals surface area contributed by atoms with Crippen molar-refractivity contribution in [1.82, 2.24) is 15.1 Å². The van der Waals surface area contributed by atoms with Gasteiger partial charge in [-0.1, -0.05) is 12.1 Å². The first kappa shape index (κ1) is 24.2. The molecule has 0 aliphatic carbocycles. The van der Waals surface area contributed by atoms with Gasteiger partial charge in [0.2, 0.25) is 5.91 Å². The summed E-state index contributed by atoms with van der Waals surface area (Å²) in [4.78, 5) is 41.7. The Morgan fingerprint density at radius 3 is 2.46 bits per heavy atom. The highest BCUT2D eigenvalue weighted by Crippen LogP contribution is 2.37. The second-order valence-corrected chi connectivity index (χ2v) is 8.40. The van der Waals surface area contributed by atoms with Crippen LogP contribution in [-0.2, 0) is 21.7 Å². The van der Waals surface area contributed by atoms with Gasteiger partial charge in [-0.3, -0.25) is 14.5 Å². The Balaban J connectivity index is 1.49. The Labute approximate surface area is 203 Å². The van der Waals surface area contributed by atoms with Gasteiger partial charge in [0.15, 0.2) is 23.0 Å². The predicted molar refractivity (Wildman–Crippen MR) is 126 cm³/mol. The number of fused-ring (bicyclic) bond motifs is 1. The summed E-state index contributed by atoms with van der Waals surface area (Å²) < 4.78 is 21.8. The second kappa shape index (κ2) is 9.73. The van der Waals surface area contributed by atoms with Crippen LogP contribution in [0.4, 0.5) is 4.79 Å². The molecule has 10 heteroatoms.